The third kappa shape index (κ3) is 3.22. The number of hydrogen-bond donors (Lipinski definition) is 1. The quantitative estimate of drug-likeness (QED) is 0.919. The van der Waals surface area contributed by atoms with Crippen molar-refractivity contribution in [3.63, 3.8) is 0 Å². The van der Waals surface area contributed by atoms with E-state index in [0.29, 0.717) is 12.1 Å². The molecule has 106 valence electrons. The van der Waals surface area contributed by atoms with Crippen LogP contribution in [-0.4, -0.2) is 16.5 Å². The van der Waals surface area contributed by atoms with E-state index in [4.69, 9.17) is 11.6 Å². The van der Waals surface area contributed by atoms with Gasteiger partial charge in [-0.3, -0.25) is 0 Å². The van der Waals surface area contributed by atoms with Crippen molar-refractivity contribution in [1.82, 2.24) is 9.97 Å². The van der Waals surface area contributed by atoms with Gasteiger partial charge in [-0.2, -0.15) is 0 Å². The lowest BCUT2D eigenvalue weighted by Crippen LogP contribution is -2.08. The summed E-state index contributed by atoms with van der Waals surface area (Å²) in [5.41, 5.74) is 0.617. The zero-order valence-electron chi connectivity index (χ0n) is 11.2. The third-order valence-electron chi connectivity index (χ3n) is 2.68. The Balaban J connectivity index is 2.48. The minimum Gasteiger partial charge on any atom is -0.368 e. The summed E-state index contributed by atoms with van der Waals surface area (Å²) in [6.07, 6.45) is 0.837. The van der Waals surface area contributed by atoms with Gasteiger partial charge in [0.15, 0.2) is 17.5 Å². The Morgan fingerprint density at radius 2 is 1.95 bits per heavy atom. The predicted molar refractivity (Wildman–Crippen MR) is 75.9 cm³/mol. The third-order valence-corrected chi connectivity index (χ3v) is 2.90. The number of nitrogens with one attached hydrogen (secondary N) is 1. The van der Waals surface area contributed by atoms with Gasteiger partial charge in [0.2, 0.25) is 0 Å². The highest BCUT2D eigenvalue weighted by Crippen LogP contribution is 2.24. The molecule has 0 fully saturated rings. The number of rotatable bonds is 4. The van der Waals surface area contributed by atoms with Crippen molar-refractivity contribution >= 4 is 17.4 Å². The summed E-state index contributed by atoms with van der Waals surface area (Å²) in [7, 11) is 0. The molecule has 1 heterocycles. The van der Waals surface area contributed by atoms with E-state index in [1.165, 1.54) is 12.1 Å². The number of aryl methyl sites for hydroxylation is 1. The number of anilines is 1. The maximum Gasteiger partial charge on any atom is 0.186 e. The van der Waals surface area contributed by atoms with Crippen LogP contribution in [0, 0.1) is 18.6 Å². The van der Waals surface area contributed by atoms with Crippen LogP contribution < -0.4 is 5.32 Å². The molecule has 0 aliphatic carbocycles. The van der Waals surface area contributed by atoms with Gasteiger partial charge in [0.05, 0.1) is 5.69 Å². The first-order chi connectivity index (χ1) is 9.51. The molecule has 1 N–H and O–H groups in total. The van der Waals surface area contributed by atoms with Crippen molar-refractivity contribution in [2.24, 2.45) is 0 Å². The lowest BCUT2D eigenvalue weighted by molar-refractivity contribution is 0.605. The minimum atomic E-state index is -0.496. The maximum absolute atomic E-state index is 13.9. The standard InChI is InChI=1S/C14H14ClF2N3/c1-3-4-18-14-12(17)8(2)19-13(20-14)9-5-10(15)7-11(16)6-9/h5-7H,3-4H2,1-2H3,(H,18,19,20). The summed E-state index contributed by atoms with van der Waals surface area (Å²) in [6, 6.07) is 4.00. The number of aromatic nitrogens is 2. The van der Waals surface area contributed by atoms with E-state index in [1.54, 1.807) is 13.0 Å². The summed E-state index contributed by atoms with van der Waals surface area (Å²) in [5.74, 6) is -0.621. The predicted octanol–water partition coefficient (Wildman–Crippen LogP) is 4.21. The Kier molecular flexibility index (Phi) is 4.49. The van der Waals surface area contributed by atoms with Crippen molar-refractivity contribution < 1.29 is 8.78 Å². The van der Waals surface area contributed by atoms with Crippen molar-refractivity contribution in [2.45, 2.75) is 20.3 Å². The molecule has 2 rings (SSSR count). The normalized spacial score (nSPS) is 10.7. The zero-order valence-corrected chi connectivity index (χ0v) is 11.9. The molecule has 0 radical (unpaired) electrons. The van der Waals surface area contributed by atoms with Crippen LogP contribution in [0.5, 0.6) is 0 Å². The molecule has 0 saturated carbocycles. The Morgan fingerprint density at radius 3 is 2.60 bits per heavy atom. The van der Waals surface area contributed by atoms with Crippen molar-refractivity contribution in [2.75, 3.05) is 11.9 Å². The number of halogens is 3. The van der Waals surface area contributed by atoms with E-state index >= 15 is 0 Å². The monoisotopic (exact) mass is 297 g/mol. The summed E-state index contributed by atoms with van der Waals surface area (Å²) in [6.45, 7) is 4.10. The van der Waals surface area contributed by atoms with Gasteiger partial charge in [0.25, 0.3) is 0 Å². The fourth-order valence-corrected chi connectivity index (χ4v) is 1.95. The molecule has 1 aromatic heterocycles. The van der Waals surface area contributed by atoms with E-state index in [2.05, 4.69) is 15.3 Å². The van der Waals surface area contributed by atoms with Crippen LogP contribution in [0.1, 0.15) is 19.0 Å². The topological polar surface area (TPSA) is 37.8 Å². The van der Waals surface area contributed by atoms with Crippen LogP contribution in [0.15, 0.2) is 18.2 Å². The smallest absolute Gasteiger partial charge is 0.186 e. The average molecular weight is 298 g/mol. The van der Waals surface area contributed by atoms with Crippen LogP contribution >= 0.6 is 11.6 Å². The lowest BCUT2D eigenvalue weighted by atomic mass is 10.2. The van der Waals surface area contributed by atoms with Crippen LogP contribution in [0.3, 0.4) is 0 Å². The summed E-state index contributed by atoms with van der Waals surface area (Å²) < 4.78 is 27.3. The molecule has 6 heteroatoms. The van der Waals surface area contributed by atoms with Gasteiger partial charge >= 0.3 is 0 Å². The SMILES string of the molecule is CCCNc1nc(-c2cc(F)cc(Cl)c2)nc(C)c1F. The molecule has 0 aliphatic heterocycles. The summed E-state index contributed by atoms with van der Waals surface area (Å²) in [4.78, 5) is 8.14. The van der Waals surface area contributed by atoms with Gasteiger partial charge in [-0.15, -0.1) is 0 Å². The Morgan fingerprint density at radius 1 is 1.20 bits per heavy atom. The van der Waals surface area contributed by atoms with Crippen molar-refractivity contribution in [3.05, 3.63) is 40.6 Å². The second-order valence-corrected chi connectivity index (χ2v) is 4.82. The highest BCUT2D eigenvalue weighted by molar-refractivity contribution is 6.30. The molecule has 0 saturated heterocycles. The Hall–Kier alpha value is -1.75. The van der Waals surface area contributed by atoms with E-state index in [9.17, 15) is 8.78 Å². The maximum atomic E-state index is 13.9. The van der Waals surface area contributed by atoms with E-state index < -0.39 is 11.6 Å². The van der Waals surface area contributed by atoms with Gasteiger partial charge in [-0.1, -0.05) is 18.5 Å². The molecule has 0 aliphatic rings. The van der Waals surface area contributed by atoms with E-state index in [-0.39, 0.29) is 22.4 Å². The van der Waals surface area contributed by atoms with Crippen LogP contribution in [-0.2, 0) is 0 Å². The van der Waals surface area contributed by atoms with Crippen molar-refractivity contribution in [1.29, 1.82) is 0 Å². The van der Waals surface area contributed by atoms with Gasteiger partial charge in [0.1, 0.15) is 5.82 Å². The van der Waals surface area contributed by atoms with Gasteiger partial charge < -0.3 is 5.32 Å². The fraction of sp³-hybridized carbons (Fsp3) is 0.286. The molecule has 0 atom stereocenters. The lowest BCUT2D eigenvalue weighted by Gasteiger charge is -2.10. The van der Waals surface area contributed by atoms with Crippen LogP contribution in [0.25, 0.3) is 11.4 Å². The second kappa shape index (κ2) is 6.13. The largest absolute Gasteiger partial charge is 0.368 e. The van der Waals surface area contributed by atoms with Gasteiger partial charge in [-0.25, -0.2) is 18.7 Å². The molecule has 2 aromatic rings. The molecule has 1 aromatic carbocycles. The molecular weight excluding hydrogens is 284 g/mol. The first kappa shape index (κ1) is 14.7. The van der Waals surface area contributed by atoms with Gasteiger partial charge in [-0.05, 0) is 31.5 Å². The second-order valence-electron chi connectivity index (χ2n) is 4.38. The number of nitrogens with zero attached hydrogens (tertiary/aromatic N) is 2. The van der Waals surface area contributed by atoms with E-state index in [0.717, 1.165) is 6.42 Å². The zero-order chi connectivity index (χ0) is 14.7. The fourth-order valence-electron chi connectivity index (χ4n) is 1.73. The molecule has 0 spiro atoms. The molecular formula is C14H14ClF2N3. The molecule has 0 bridgehead atoms. The minimum absolute atomic E-state index is 0.120. The molecule has 0 amide bonds. The summed E-state index contributed by atoms with van der Waals surface area (Å²) >= 11 is 5.81. The van der Waals surface area contributed by atoms with Gasteiger partial charge in [0, 0.05) is 17.1 Å². The first-order valence-corrected chi connectivity index (χ1v) is 6.63. The number of hydrogen-bond acceptors (Lipinski definition) is 3. The highest BCUT2D eigenvalue weighted by Gasteiger charge is 2.13. The molecule has 20 heavy (non-hydrogen) atoms. The molecule has 0 unspecified atom stereocenters. The Labute approximate surface area is 121 Å². The Bertz CT molecular complexity index is 612. The number of benzene rings is 1. The summed E-state index contributed by atoms with van der Waals surface area (Å²) in [5, 5.41) is 3.13. The van der Waals surface area contributed by atoms with E-state index in [1.807, 2.05) is 6.92 Å². The highest BCUT2D eigenvalue weighted by atomic mass is 35.5. The van der Waals surface area contributed by atoms with Crippen molar-refractivity contribution in [3.8, 4) is 11.4 Å². The molecule has 3 nitrogen and oxygen atoms in total. The van der Waals surface area contributed by atoms with Crippen LogP contribution in [0.2, 0.25) is 5.02 Å². The first-order valence-electron chi connectivity index (χ1n) is 6.25. The average Bonchev–Trinajstić information content (AvgIpc) is 2.39. The van der Waals surface area contributed by atoms with Crippen LogP contribution in [0.4, 0.5) is 14.6 Å².